The maximum absolute atomic E-state index is 2.56. The number of benzene rings is 10. The van der Waals surface area contributed by atoms with E-state index in [4.69, 9.17) is 0 Å². The summed E-state index contributed by atoms with van der Waals surface area (Å²) < 4.78 is 0. The van der Waals surface area contributed by atoms with E-state index in [-0.39, 0.29) is 23.0 Å². The minimum Gasteiger partial charge on any atom is -0.311 e. The average molecular weight is 917 g/mol. The zero-order valence-corrected chi connectivity index (χ0v) is 42.6. The van der Waals surface area contributed by atoms with Gasteiger partial charge in [0.15, 0.2) is 0 Å². The molecule has 2 aliphatic rings. The van der Waals surface area contributed by atoms with Crippen LogP contribution in [0, 0.1) is 0 Å². The van der Waals surface area contributed by atoms with Gasteiger partial charge in [0.25, 0.3) is 6.71 Å². The Balaban J connectivity index is 1.19. The van der Waals surface area contributed by atoms with E-state index < -0.39 is 0 Å². The summed E-state index contributed by atoms with van der Waals surface area (Å²) >= 11 is 0. The Bertz CT molecular complexity index is 3510. The van der Waals surface area contributed by atoms with Crippen LogP contribution in [0.15, 0.2) is 206 Å². The summed E-state index contributed by atoms with van der Waals surface area (Å²) in [6.07, 6.45) is 0. The molecule has 0 N–H and O–H groups in total. The van der Waals surface area contributed by atoms with Crippen LogP contribution in [0.3, 0.4) is 0 Å². The molecule has 2 heterocycles. The molecular weight excluding hydrogens is 856 g/mol. The van der Waals surface area contributed by atoms with Gasteiger partial charge in [-0.3, -0.25) is 0 Å². The number of para-hydroxylation sites is 2. The molecule has 0 radical (unpaired) electrons. The summed E-state index contributed by atoms with van der Waals surface area (Å²) in [5.74, 6) is 0. The highest BCUT2D eigenvalue weighted by atomic mass is 15.2. The molecule has 0 saturated heterocycles. The minimum atomic E-state index is -0.131. The molecule has 12 rings (SSSR count). The van der Waals surface area contributed by atoms with Gasteiger partial charge in [-0.1, -0.05) is 214 Å². The molecule has 0 saturated carbocycles. The van der Waals surface area contributed by atoms with Gasteiger partial charge in [-0.2, -0.15) is 0 Å². The molecule has 2 aliphatic heterocycles. The summed E-state index contributed by atoms with van der Waals surface area (Å²) in [4.78, 5) is 5.11. The van der Waals surface area contributed by atoms with Crippen LogP contribution < -0.4 is 26.2 Å². The van der Waals surface area contributed by atoms with Crippen molar-refractivity contribution in [2.45, 2.75) is 78.6 Å². The monoisotopic (exact) mass is 916 g/mol. The van der Waals surface area contributed by atoms with Crippen molar-refractivity contribution in [1.29, 1.82) is 0 Å². The lowest BCUT2D eigenvalue weighted by atomic mass is 9.33. The fraction of sp³-hybridized carbons (Fsp3) is 0.176. The lowest BCUT2D eigenvalue weighted by Gasteiger charge is -2.45. The van der Waals surface area contributed by atoms with Crippen LogP contribution in [-0.2, 0) is 16.2 Å². The zero-order chi connectivity index (χ0) is 49.0. The largest absolute Gasteiger partial charge is 0.311 e. The summed E-state index contributed by atoms with van der Waals surface area (Å²) in [7, 11) is 0. The van der Waals surface area contributed by atoms with Crippen LogP contribution >= 0.6 is 0 Å². The first-order chi connectivity index (χ1) is 34.1. The van der Waals surface area contributed by atoms with E-state index in [2.05, 4.69) is 278 Å². The van der Waals surface area contributed by atoms with Crippen LogP contribution in [0.25, 0.3) is 54.9 Å². The second-order valence-electron chi connectivity index (χ2n) is 23.0. The topological polar surface area (TPSA) is 6.48 Å². The third-order valence-corrected chi connectivity index (χ3v) is 15.2. The molecule has 0 bridgehead atoms. The molecule has 0 aliphatic carbocycles. The van der Waals surface area contributed by atoms with Crippen molar-refractivity contribution in [2.75, 3.05) is 9.80 Å². The number of nitrogens with zero attached hydrogens (tertiary/aromatic N) is 2. The molecular formula is C68H61BN2. The molecule has 10 aromatic carbocycles. The summed E-state index contributed by atoms with van der Waals surface area (Å²) in [6, 6.07) is 78.1. The summed E-state index contributed by atoms with van der Waals surface area (Å²) in [6.45, 7) is 21.1. The highest BCUT2D eigenvalue weighted by Crippen LogP contribution is 2.49. The number of rotatable bonds is 5. The van der Waals surface area contributed by atoms with Gasteiger partial charge >= 0.3 is 0 Å². The summed E-state index contributed by atoms with van der Waals surface area (Å²) in [5.41, 5.74) is 22.4. The van der Waals surface area contributed by atoms with E-state index in [1.54, 1.807) is 0 Å². The maximum atomic E-state index is 2.56. The standard InChI is InChI=1S/C68H61BN2/c1-66(2,3)48-33-35-59-57(42-48)69-58-43-49(67(4,5)6)34-36-60(58)71(52-27-17-12-18-28-52)62-41-46(40-61(65(62)69)70(59)51-25-15-11-16-26-51)45-37-47(39-50(38-45)68(7,8)9)64-55-31-21-19-29-53(55)63(44-23-13-10-14-24-44)54-30-20-22-32-56(54)64/h10-43H,1-9H3. The number of hydrogen-bond acceptors (Lipinski definition) is 2. The molecule has 346 valence electrons. The lowest BCUT2D eigenvalue weighted by Crippen LogP contribution is -2.61. The second kappa shape index (κ2) is 16.5. The zero-order valence-electron chi connectivity index (χ0n) is 42.6. The molecule has 0 aromatic heterocycles. The molecule has 2 nitrogen and oxygen atoms in total. The van der Waals surface area contributed by atoms with E-state index in [0.717, 1.165) is 11.4 Å². The van der Waals surface area contributed by atoms with E-state index in [9.17, 15) is 0 Å². The fourth-order valence-corrected chi connectivity index (χ4v) is 11.5. The third kappa shape index (κ3) is 7.48. The van der Waals surface area contributed by atoms with E-state index >= 15 is 0 Å². The smallest absolute Gasteiger partial charge is 0.252 e. The van der Waals surface area contributed by atoms with Gasteiger partial charge in [0.2, 0.25) is 0 Å². The first kappa shape index (κ1) is 44.6. The van der Waals surface area contributed by atoms with Crippen LogP contribution in [0.1, 0.15) is 79.0 Å². The minimum absolute atomic E-state index is 0.000836. The highest BCUT2D eigenvalue weighted by molar-refractivity contribution is 7.00. The van der Waals surface area contributed by atoms with Gasteiger partial charge in [0.1, 0.15) is 0 Å². The van der Waals surface area contributed by atoms with Crippen molar-refractivity contribution in [3.05, 3.63) is 223 Å². The van der Waals surface area contributed by atoms with Crippen LogP contribution in [0.4, 0.5) is 34.1 Å². The van der Waals surface area contributed by atoms with Gasteiger partial charge in [-0.25, -0.2) is 0 Å². The molecule has 3 heteroatoms. The van der Waals surface area contributed by atoms with Crippen LogP contribution in [0.2, 0.25) is 0 Å². The SMILES string of the molecule is CC(C)(C)c1cc(-c2cc3c4c(c2)N(c2ccccc2)c2ccc(C(C)(C)C)cc2B4c2cc(C(C)(C)C)ccc2N3c2ccccc2)cc(-c2c3ccccc3c(-c3ccccc3)c3ccccc23)c1. The number of fused-ring (bicyclic) bond motifs is 6. The molecule has 71 heavy (non-hydrogen) atoms. The third-order valence-electron chi connectivity index (χ3n) is 15.2. The molecule has 0 unspecified atom stereocenters. The molecule has 0 atom stereocenters. The van der Waals surface area contributed by atoms with Crippen molar-refractivity contribution in [1.82, 2.24) is 0 Å². The summed E-state index contributed by atoms with van der Waals surface area (Å²) in [5, 5.41) is 5.04. The van der Waals surface area contributed by atoms with Crippen molar-refractivity contribution < 1.29 is 0 Å². The Labute approximate surface area is 421 Å². The van der Waals surface area contributed by atoms with Crippen molar-refractivity contribution >= 4 is 78.8 Å². The molecule has 0 spiro atoms. The first-order valence-electron chi connectivity index (χ1n) is 25.5. The Hall–Kier alpha value is -7.62. The van der Waals surface area contributed by atoms with Crippen molar-refractivity contribution in [3.8, 4) is 33.4 Å². The Morgan fingerprint density at radius 1 is 0.296 bits per heavy atom. The molecule has 0 amide bonds. The van der Waals surface area contributed by atoms with Gasteiger partial charge in [-0.15, -0.1) is 0 Å². The predicted octanol–water partition coefficient (Wildman–Crippen LogP) is 17.0. The van der Waals surface area contributed by atoms with Crippen LogP contribution in [-0.4, -0.2) is 6.71 Å². The van der Waals surface area contributed by atoms with E-state index in [1.807, 2.05) is 0 Å². The van der Waals surface area contributed by atoms with E-state index in [0.29, 0.717) is 0 Å². The van der Waals surface area contributed by atoms with Gasteiger partial charge in [0.05, 0.1) is 0 Å². The van der Waals surface area contributed by atoms with Gasteiger partial charge < -0.3 is 9.80 Å². The second-order valence-corrected chi connectivity index (χ2v) is 23.0. The van der Waals surface area contributed by atoms with Crippen LogP contribution in [0.5, 0.6) is 0 Å². The predicted molar refractivity (Wildman–Crippen MR) is 308 cm³/mol. The number of anilines is 6. The Morgan fingerprint density at radius 2 is 0.662 bits per heavy atom. The lowest BCUT2D eigenvalue weighted by molar-refractivity contribution is 0.590. The fourth-order valence-electron chi connectivity index (χ4n) is 11.5. The van der Waals surface area contributed by atoms with Crippen molar-refractivity contribution in [3.63, 3.8) is 0 Å². The van der Waals surface area contributed by atoms with Gasteiger partial charge in [0, 0.05) is 34.1 Å². The molecule has 10 aromatic rings. The normalized spacial score (nSPS) is 13.3. The van der Waals surface area contributed by atoms with E-state index in [1.165, 1.54) is 111 Å². The average Bonchev–Trinajstić information content (AvgIpc) is 3.37. The number of hydrogen-bond donors (Lipinski definition) is 0. The highest BCUT2D eigenvalue weighted by Gasteiger charge is 2.44. The Morgan fingerprint density at radius 3 is 1.08 bits per heavy atom. The quantitative estimate of drug-likeness (QED) is 0.125. The maximum Gasteiger partial charge on any atom is 0.252 e. The van der Waals surface area contributed by atoms with Gasteiger partial charge in [-0.05, 0) is 159 Å². The molecule has 0 fully saturated rings. The Kier molecular flexibility index (Phi) is 10.4. The first-order valence-corrected chi connectivity index (χ1v) is 25.5. The van der Waals surface area contributed by atoms with Crippen molar-refractivity contribution in [2.24, 2.45) is 0 Å².